The fraction of sp³-hybridized carbons (Fsp3) is 0.444. The van der Waals surface area contributed by atoms with Gasteiger partial charge in [0.05, 0.1) is 7.11 Å². The lowest BCUT2D eigenvalue weighted by atomic mass is 10.2. The fourth-order valence-electron chi connectivity index (χ4n) is 0.930. The predicted octanol–water partition coefficient (Wildman–Crippen LogP) is 2.13. The Morgan fingerprint density at radius 3 is 2.50 bits per heavy atom. The first-order chi connectivity index (χ1) is 6.60. The van der Waals surface area contributed by atoms with Crippen molar-refractivity contribution in [3.8, 4) is 11.9 Å². The second-order valence-corrected chi connectivity index (χ2v) is 3.38. The number of methoxy groups -OCH3 is 1. The summed E-state index contributed by atoms with van der Waals surface area (Å²) < 4.78 is 4.95. The van der Waals surface area contributed by atoms with Gasteiger partial charge in [-0.1, -0.05) is 25.4 Å². The van der Waals surface area contributed by atoms with Gasteiger partial charge in [0.15, 0.2) is 10.7 Å². The maximum atomic E-state index is 8.77. The van der Waals surface area contributed by atoms with Gasteiger partial charge in [0.25, 0.3) is 0 Å². The maximum absolute atomic E-state index is 8.77. The smallest absolute Gasteiger partial charge is 0.236 e. The SMILES string of the molecule is COc1nc(C(C)C)nc(Cl)c1C#N. The van der Waals surface area contributed by atoms with E-state index >= 15 is 0 Å². The van der Waals surface area contributed by atoms with Gasteiger partial charge in [0.2, 0.25) is 5.88 Å². The van der Waals surface area contributed by atoms with Crippen LogP contribution in [-0.4, -0.2) is 17.1 Å². The second-order valence-electron chi connectivity index (χ2n) is 3.02. The molecule has 0 fully saturated rings. The van der Waals surface area contributed by atoms with E-state index in [1.165, 1.54) is 7.11 Å². The summed E-state index contributed by atoms with van der Waals surface area (Å²) >= 11 is 5.80. The van der Waals surface area contributed by atoms with E-state index in [0.29, 0.717) is 5.82 Å². The van der Waals surface area contributed by atoms with Crippen molar-refractivity contribution in [1.29, 1.82) is 5.26 Å². The lowest BCUT2D eigenvalue weighted by molar-refractivity contribution is 0.392. The van der Waals surface area contributed by atoms with Gasteiger partial charge in [-0.05, 0) is 0 Å². The maximum Gasteiger partial charge on any atom is 0.236 e. The highest BCUT2D eigenvalue weighted by molar-refractivity contribution is 6.30. The molecule has 1 heterocycles. The van der Waals surface area contributed by atoms with E-state index in [1.807, 2.05) is 19.9 Å². The average molecular weight is 212 g/mol. The zero-order valence-corrected chi connectivity index (χ0v) is 8.96. The van der Waals surface area contributed by atoms with Crippen LogP contribution >= 0.6 is 11.6 Å². The Morgan fingerprint density at radius 2 is 2.07 bits per heavy atom. The third-order valence-corrected chi connectivity index (χ3v) is 1.94. The number of hydrogen-bond donors (Lipinski definition) is 0. The molecule has 1 aromatic heterocycles. The monoisotopic (exact) mass is 211 g/mol. The first-order valence-corrected chi connectivity index (χ1v) is 4.49. The summed E-state index contributed by atoms with van der Waals surface area (Å²) in [6, 6.07) is 1.90. The number of halogens is 1. The molecular formula is C9H10ClN3O. The van der Waals surface area contributed by atoms with E-state index in [-0.39, 0.29) is 22.5 Å². The summed E-state index contributed by atoms with van der Waals surface area (Å²) in [5, 5.41) is 8.91. The van der Waals surface area contributed by atoms with E-state index in [4.69, 9.17) is 21.6 Å². The van der Waals surface area contributed by atoms with E-state index in [2.05, 4.69) is 9.97 Å². The molecule has 0 bridgehead atoms. The molecule has 1 aromatic rings. The van der Waals surface area contributed by atoms with Crippen LogP contribution in [0.1, 0.15) is 31.2 Å². The van der Waals surface area contributed by atoms with Crippen LogP contribution in [0.15, 0.2) is 0 Å². The molecule has 0 saturated heterocycles. The van der Waals surface area contributed by atoms with Gasteiger partial charge < -0.3 is 4.74 Å². The Labute approximate surface area is 87.5 Å². The average Bonchev–Trinajstić information content (AvgIpc) is 2.16. The van der Waals surface area contributed by atoms with Crippen molar-refractivity contribution < 1.29 is 4.74 Å². The topological polar surface area (TPSA) is 58.8 Å². The van der Waals surface area contributed by atoms with Gasteiger partial charge in [0.1, 0.15) is 11.9 Å². The zero-order chi connectivity index (χ0) is 10.7. The molecular weight excluding hydrogens is 202 g/mol. The molecule has 0 spiro atoms. The van der Waals surface area contributed by atoms with Crippen molar-refractivity contribution in [2.24, 2.45) is 0 Å². The second kappa shape index (κ2) is 4.25. The van der Waals surface area contributed by atoms with E-state index in [9.17, 15) is 0 Å². The summed E-state index contributed by atoms with van der Waals surface area (Å²) in [7, 11) is 1.45. The van der Waals surface area contributed by atoms with Gasteiger partial charge in [-0.15, -0.1) is 0 Å². The molecule has 0 N–H and O–H groups in total. The summed E-state index contributed by atoms with van der Waals surface area (Å²) in [5.74, 6) is 0.955. The molecule has 1 rings (SSSR count). The van der Waals surface area contributed by atoms with Crippen molar-refractivity contribution in [2.45, 2.75) is 19.8 Å². The van der Waals surface area contributed by atoms with Crippen molar-refractivity contribution in [2.75, 3.05) is 7.11 Å². The molecule has 0 atom stereocenters. The van der Waals surface area contributed by atoms with Gasteiger partial charge in [-0.3, -0.25) is 0 Å². The largest absolute Gasteiger partial charge is 0.480 e. The van der Waals surface area contributed by atoms with E-state index < -0.39 is 0 Å². The van der Waals surface area contributed by atoms with Crippen LogP contribution in [0, 0.1) is 11.3 Å². The third-order valence-electron chi connectivity index (χ3n) is 1.67. The van der Waals surface area contributed by atoms with Crippen molar-refractivity contribution >= 4 is 11.6 Å². The Hall–Kier alpha value is -1.34. The van der Waals surface area contributed by atoms with Crippen LogP contribution < -0.4 is 4.74 Å². The fourth-order valence-corrected chi connectivity index (χ4v) is 1.14. The van der Waals surface area contributed by atoms with Crippen LogP contribution in [0.2, 0.25) is 5.15 Å². The van der Waals surface area contributed by atoms with Crippen LogP contribution in [0.5, 0.6) is 5.88 Å². The Balaban J connectivity index is 3.33. The van der Waals surface area contributed by atoms with Gasteiger partial charge in [0, 0.05) is 5.92 Å². The van der Waals surface area contributed by atoms with Gasteiger partial charge in [-0.2, -0.15) is 10.2 Å². The zero-order valence-electron chi connectivity index (χ0n) is 8.21. The Kier molecular flexibility index (Phi) is 3.26. The summed E-state index contributed by atoms with van der Waals surface area (Å²) in [6.45, 7) is 3.88. The number of nitrogens with zero attached hydrogens (tertiary/aromatic N) is 3. The lowest BCUT2D eigenvalue weighted by Crippen LogP contribution is -2.03. The van der Waals surface area contributed by atoms with Gasteiger partial charge >= 0.3 is 0 Å². The highest BCUT2D eigenvalue weighted by atomic mass is 35.5. The Bertz CT molecular complexity index is 384. The molecule has 74 valence electrons. The summed E-state index contributed by atoms with van der Waals surface area (Å²) in [6.07, 6.45) is 0. The third kappa shape index (κ3) is 1.94. The molecule has 0 aliphatic heterocycles. The molecule has 0 aliphatic carbocycles. The minimum atomic E-state index is 0.142. The first kappa shape index (κ1) is 10.7. The van der Waals surface area contributed by atoms with Crippen LogP contribution in [0.4, 0.5) is 0 Å². The standard InChI is InChI=1S/C9H10ClN3O/c1-5(2)8-12-7(10)6(4-11)9(13-8)14-3/h5H,1-3H3. The van der Waals surface area contributed by atoms with Crippen molar-refractivity contribution in [1.82, 2.24) is 9.97 Å². The minimum Gasteiger partial charge on any atom is -0.480 e. The molecule has 0 radical (unpaired) electrons. The quantitative estimate of drug-likeness (QED) is 0.704. The first-order valence-electron chi connectivity index (χ1n) is 4.11. The number of ether oxygens (including phenoxy) is 1. The van der Waals surface area contributed by atoms with Gasteiger partial charge in [-0.25, -0.2) is 4.98 Å². The number of rotatable bonds is 2. The molecule has 14 heavy (non-hydrogen) atoms. The number of nitriles is 1. The molecule has 0 saturated carbocycles. The molecule has 4 nitrogen and oxygen atoms in total. The minimum absolute atomic E-state index is 0.142. The molecule has 0 unspecified atom stereocenters. The number of aromatic nitrogens is 2. The van der Waals surface area contributed by atoms with Crippen molar-refractivity contribution in [3.05, 3.63) is 16.5 Å². The molecule has 0 amide bonds. The lowest BCUT2D eigenvalue weighted by Gasteiger charge is -2.07. The van der Waals surface area contributed by atoms with Crippen LogP contribution in [-0.2, 0) is 0 Å². The summed E-state index contributed by atoms with van der Waals surface area (Å²) in [4.78, 5) is 8.09. The Morgan fingerprint density at radius 1 is 1.43 bits per heavy atom. The number of hydrogen-bond acceptors (Lipinski definition) is 4. The highest BCUT2D eigenvalue weighted by Crippen LogP contribution is 2.24. The normalized spacial score (nSPS) is 10.0. The van der Waals surface area contributed by atoms with Crippen LogP contribution in [0.3, 0.4) is 0 Å². The van der Waals surface area contributed by atoms with Crippen molar-refractivity contribution in [3.63, 3.8) is 0 Å². The highest BCUT2D eigenvalue weighted by Gasteiger charge is 2.14. The molecule has 0 aliphatic rings. The molecule has 5 heteroatoms. The summed E-state index contributed by atoms with van der Waals surface area (Å²) in [5.41, 5.74) is 0.179. The van der Waals surface area contributed by atoms with E-state index in [0.717, 1.165) is 0 Å². The van der Waals surface area contributed by atoms with E-state index in [1.54, 1.807) is 0 Å². The molecule has 0 aromatic carbocycles. The van der Waals surface area contributed by atoms with Crippen LogP contribution in [0.25, 0.3) is 0 Å². The predicted molar refractivity (Wildman–Crippen MR) is 52.4 cm³/mol.